The van der Waals surface area contributed by atoms with E-state index in [-0.39, 0.29) is 23.7 Å². The van der Waals surface area contributed by atoms with Crippen molar-refractivity contribution in [3.05, 3.63) is 11.5 Å². The highest BCUT2D eigenvalue weighted by Crippen LogP contribution is 2.12. The zero-order valence-corrected chi connectivity index (χ0v) is 10.7. The Kier molecular flexibility index (Phi) is 3.53. The third kappa shape index (κ3) is 3.07. The number of hydrogen-bond donors (Lipinski definition) is 1. The quantitative estimate of drug-likeness (QED) is 0.767. The van der Waals surface area contributed by atoms with Gasteiger partial charge in [0, 0.05) is 24.5 Å². The summed E-state index contributed by atoms with van der Waals surface area (Å²) < 4.78 is 22.5. The fraction of sp³-hybridized carbons (Fsp3) is 0.727. The van der Waals surface area contributed by atoms with Crippen molar-refractivity contribution in [1.82, 2.24) is 10.2 Å². The van der Waals surface area contributed by atoms with Gasteiger partial charge in [-0.05, 0) is 19.8 Å². The van der Waals surface area contributed by atoms with Crippen molar-refractivity contribution in [3.8, 4) is 0 Å². The predicted molar refractivity (Wildman–Crippen MR) is 65.1 cm³/mol. The Bertz CT molecular complexity index is 424. The van der Waals surface area contributed by atoms with Gasteiger partial charge in [-0.25, -0.2) is 8.42 Å². The number of sulfone groups is 1. The maximum Gasteiger partial charge on any atom is 0.239 e. The number of rotatable bonds is 3. The average Bonchev–Trinajstić information content (AvgIpc) is 2.86. The molecule has 17 heavy (non-hydrogen) atoms. The number of likely N-dealkylation sites (tertiary alicyclic amines) is 1. The first kappa shape index (κ1) is 12.6. The normalized spacial score (nSPS) is 28.5. The van der Waals surface area contributed by atoms with Crippen LogP contribution in [-0.4, -0.2) is 50.2 Å². The SMILES string of the molecule is CC(NC1C=CS(=O)(=O)C1)C(=O)N1CCCC1. The van der Waals surface area contributed by atoms with Crippen molar-refractivity contribution in [2.75, 3.05) is 18.8 Å². The highest BCUT2D eigenvalue weighted by molar-refractivity contribution is 7.94. The third-order valence-electron chi connectivity index (χ3n) is 3.18. The molecular weight excluding hydrogens is 240 g/mol. The van der Waals surface area contributed by atoms with Gasteiger partial charge >= 0.3 is 0 Å². The Balaban J connectivity index is 1.87. The van der Waals surface area contributed by atoms with E-state index in [0.29, 0.717) is 0 Å². The molecule has 0 saturated carbocycles. The van der Waals surface area contributed by atoms with Gasteiger partial charge in [-0.15, -0.1) is 0 Å². The van der Waals surface area contributed by atoms with Gasteiger partial charge in [-0.2, -0.15) is 0 Å². The molecule has 5 nitrogen and oxygen atoms in total. The molecule has 0 aliphatic carbocycles. The van der Waals surface area contributed by atoms with Gasteiger partial charge in [0.2, 0.25) is 5.91 Å². The van der Waals surface area contributed by atoms with Crippen LogP contribution in [0.3, 0.4) is 0 Å². The van der Waals surface area contributed by atoms with Gasteiger partial charge in [0.25, 0.3) is 0 Å². The molecule has 1 amide bonds. The zero-order chi connectivity index (χ0) is 12.5. The van der Waals surface area contributed by atoms with Gasteiger partial charge in [-0.1, -0.05) is 6.08 Å². The molecule has 0 bridgehead atoms. The molecule has 2 heterocycles. The van der Waals surface area contributed by atoms with Crippen molar-refractivity contribution < 1.29 is 13.2 Å². The first-order chi connectivity index (χ1) is 7.98. The third-order valence-corrected chi connectivity index (χ3v) is 4.58. The van der Waals surface area contributed by atoms with Crippen LogP contribution in [0.15, 0.2) is 11.5 Å². The van der Waals surface area contributed by atoms with Crippen LogP contribution in [0.5, 0.6) is 0 Å². The molecule has 1 fully saturated rings. The van der Waals surface area contributed by atoms with E-state index in [1.165, 1.54) is 5.41 Å². The standard InChI is InChI=1S/C11H18N2O3S/c1-9(11(14)13-5-2-3-6-13)12-10-4-7-17(15,16)8-10/h4,7,9-10,12H,2-3,5-6,8H2,1H3. The molecule has 0 radical (unpaired) electrons. The summed E-state index contributed by atoms with van der Waals surface area (Å²) in [6.07, 6.45) is 3.75. The van der Waals surface area contributed by atoms with Gasteiger partial charge in [0.05, 0.1) is 11.8 Å². The van der Waals surface area contributed by atoms with Crippen LogP contribution in [0.25, 0.3) is 0 Å². The molecular formula is C11H18N2O3S. The van der Waals surface area contributed by atoms with Crippen LogP contribution in [0.4, 0.5) is 0 Å². The lowest BCUT2D eigenvalue weighted by Crippen LogP contribution is -2.47. The highest BCUT2D eigenvalue weighted by atomic mass is 32.2. The monoisotopic (exact) mass is 258 g/mol. The second kappa shape index (κ2) is 4.78. The van der Waals surface area contributed by atoms with Gasteiger partial charge in [0.1, 0.15) is 0 Å². The van der Waals surface area contributed by atoms with Crippen molar-refractivity contribution in [3.63, 3.8) is 0 Å². The van der Waals surface area contributed by atoms with E-state index in [1.807, 2.05) is 4.90 Å². The molecule has 96 valence electrons. The minimum Gasteiger partial charge on any atom is -0.341 e. The minimum absolute atomic E-state index is 0.0601. The van der Waals surface area contributed by atoms with Crippen LogP contribution in [0.2, 0.25) is 0 Å². The molecule has 1 saturated heterocycles. The maximum atomic E-state index is 12.0. The fourth-order valence-electron chi connectivity index (χ4n) is 2.28. The second-order valence-electron chi connectivity index (χ2n) is 4.69. The zero-order valence-electron chi connectivity index (χ0n) is 9.93. The van der Waals surface area contributed by atoms with Crippen molar-refractivity contribution in [1.29, 1.82) is 0 Å². The van der Waals surface area contributed by atoms with Gasteiger partial charge in [-0.3, -0.25) is 10.1 Å². The lowest BCUT2D eigenvalue weighted by atomic mass is 10.2. The molecule has 0 aromatic rings. The summed E-state index contributed by atoms with van der Waals surface area (Å²) in [4.78, 5) is 13.8. The number of carbonyl (C=O) groups excluding carboxylic acids is 1. The Morgan fingerprint density at radius 2 is 2.06 bits per heavy atom. The van der Waals surface area contributed by atoms with Crippen LogP contribution in [0.1, 0.15) is 19.8 Å². The Morgan fingerprint density at radius 3 is 2.59 bits per heavy atom. The summed E-state index contributed by atoms with van der Waals surface area (Å²) in [6, 6.07) is -0.558. The number of carbonyl (C=O) groups is 1. The topological polar surface area (TPSA) is 66.5 Å². The smallest absolute Gasteiger partial charge is 0.239 e. The second-order valence-corrected chi connectivity index (χ2v) is 6.62. The predicted octanol–water partition coefficient (Wildman–Crippen LogP) is -0.102. The molecule has 2 atom stereocenters. The molecule has 0 aromatic carbocycles. The van der Waals surface area contributed by atoms with Gasteiger partial charge < -0.3 is 4.90 Å². The maximum absolute atomic E-state index is 12.0. The summed E-state index contributed by atoms with van der Waals surface area (Å²) in [5.41, 5.74) is 0. The number of hydrogen-bond acceptors (Lipinski definition) is 4. The molecule has 0 spiro atoms. The van der Waals surface area contributed by atoms with E-state index < -0.39 is 9.84 Å². The lowest BCUT2D eigenvalue weighted by Gasteiger charge is -2.23. The Morgan fingerprint density at radius 1 is 1.41 bits per heavy atom. The van der Waals surface area contributed by atoms with Crippen molar-refractivity contribution in [2.24, 2.45) is 0 Å². The molecule has 2 aliphatic heterocycles. The van der Waals surface area contributed by atoms with Crippen molar-refractivity contribution in [2.45, 2.75) is 31.8 Å². The van der Waals surface area contributed by atoms with E-state index >= 15 is 0 Å². The highest BCUT2D eigenvalue weighted by Gasteiger charge is 2.28. The van der Waals surface area contributed by atoms with Crippen LogP contribution in [0, 0.1) is 0 Å². The molecule has 2 rings (SSSR count). The molecule has 6 heteroatoms. The fourth-order valence-corrected chi connectivity index (χ4v) is 3.53. The summed E-state index contributed by atoms with van der Waals surface area (Å²) in [7, 11) is -3.05. The van der Waals surface area contributed by atoms with E-state index in [1.54, 1.807) is 13.0 Å². The minimum atomic E-state index is -3.05. The van der Waals surface area contributed by atoms with Crippen LogP contribution < -0.4 is 5.32 Å². The molecule has 0 aromatic heterocycles. The Hall–Kier alpha value is -0.880. The molecule has 1 N–H and O–H groups in total. The summed E-state index contributed by atoms with van der Waals surface area (Å²) in [6.45, 7) is 3.44. The number of nitrogens with zero attached hydrogens (tertiary/aromatic N) is 1. The number of amides is 1. The average molecular weight is 258 g/mol. The van der Waals surface area contributed by atoms with E-state index in [2.05, 4.69) is 5.32 Å². The Labute approximate surface area is 102 Å². The molecule has 2 aliphatic rings. The van der Waals surface area contributed by atoms with E-state index in [4.69, 9.17) is 0 Å². The van der Waals surface area contributed by atoms with E-state index in [0.717, 1.165) is 25.9 Å². The van der Waals surface area contributed by atoms with Crippen LogP contribution in [-0.2, 0) is 14.6 Å². The van der Waals surface area contributed by atoms with Crippen molar-refractivity contribution >= 4 is 15.7 Å². The number of nitrogens with one attached hydrogen (secondary N) is 1. The largest absolute Gasteiger partial charge is 0.341 e. The first-order valence-corrected chi connectivity index (χ1v) is 7.65. The van der Waals surface area contributed by atoms with E-state index in [9.17, 15) is 13.2 Å². The molecule has 2 unspecified atom stereocenters. The summed E-state index contributed by atoms with van der Waals surface area (Å²) in [5.74, 6) is 0.130. The summed E-state index contributed by atoms with van der Waals surface area (Å²) in [5, 5.41) is 4.27. The lowest BCUT2D eigenvalue weighted by molar-refractivity contribution is -0.132. The first-order valence-electron chi connectivity index (χ1n) is 5.94. The van der Waals surface area contributed by atoms with Gasteiger partial charge in [0.15, 0.2) is 9.84 Å². The van der Waals surface area contributed by atoms with Crippen LogP contribution >= 0.6 is 0 Å². The summed E-state index contributed by atoms with van der Waals surface area (Å²) >= 11 is 0.